The van der Waals surface area contributed by atoms with Gasteiger partial charge in [0.15, 0.2) is 5.78 Å². The molecule has 0 amide bonds. The number of ketones is 1. The highest BCUT2D eigenvalue weighted by Gasteiger charge is 1.99. The monoisotopic (exact) mass is 310 g/mol. The number of aliphatic hydroxyl groups excluding tert-OH is 1. The van der Waals surface area contributed by atoms with Crippen molar-refractivity contribution in [3.05, 3.63) is 24.3 Å². The number of carboxylic acid groups (broad SMARTS) is 1. The summed E-state index contributed by atoms with van der Waals surface area (Å²) < 4.78 is 0. The molecule has 0 aliphatic heterocycles. The average Bonchev–Trinajstić information content (AvgIpc) is 2.48. The van der Waals surface area contributed by atoms with Gasteiger partial charge in [0.05, 0.1) is 6.10 Å². The van der Waals surface area contributed by atoms with Crippen molar-refractivity contribution in [2.75, 3.05) is 0 Å². The van der Waals surface area contributed by atoms with E-state index in [1.807, 2.05) is 0 Å². The molecule has 0 heterocycles. The summed E-state index contributed by atoms with van der Waals surface area (Å²) in [6.45, 7) is 2.08. The summed E-state index contributed by atoms with van der Waals surface area (Å²) in [5.41, 5.74) is 0. The topological polar surface area (TPSA) is 74.6 Å². The Bertz CT molecular complexity index is 358. The van der Waals surface area contributed by atoms with Gasteiger partial charge in [0.2, 0.25) is 0 Å². The maximum absolute atomic E-state index is 11.6. The standard InChI is InChI=1S/C18H30O4/c1-2-3-11-16(19)13-9-10-14-17(20)12-7-5-4-6-8-15-18(21)22/h9-10,13-14,16,19H,2-8,11-12,15H2,1H3,(H,21,22). The van der Waals surface area contributed by atoms with Gasteiger partial charge in [-0.25, -0.2) is 0 Å². The van der Waals surface area contributed by atoms with Crippen LogP contribution in [0.3, 0.4) is 0 Å². The van der Waals surface area contributed by atoms with Gasteiger partial charge in [-0.1, -0.05) is 57.3 Å². The number of allylic oxidation sites excluding steroid dienone is 3. The number of aliphatic hydroxyl groups is 1. The summed E-state index contributed by atoms with van der Waals surface area (Å²) in [7, 11) is 0. The van der Waals surface area contributed by atoms with Crippen molar-refractivity contribution in [1.82, 2.24) is 0 Å². The van der Waals surface area contributed by atoms with Crippen molar-refractivity contribution in [2.24, 2.45) is 0 Å². The average molecular weight is 310 g/mol. The second kappa shape index (κ2) is 14.5. The van der Waals surface area contributed by atoms with Crippen LogP contribution in [0.2, 0.25) is 0 Å². The van der Waals surface area contributed by atoms with Gasteiger partial charge in [-0.05, 0) is 25.3 Å². The zero-order valence-corrected chi connectivity index (χ0v) is 13.7. The first-order valence-electron chi connectivity index (χ1n) is 8.33. The molecule has 0 radical (unpaired) electrons. The Labute approximate surface area is 133 Å². The quantitative estimate of drug-likeness (QED) is 0.288. The molecule has 0 saturated heterocycles. The lowest BCUT2D eigenvalue weighted by atomic mass is 10.1. The highest BCUT2D eigenvalue weighted by molar-refractivity contribution is 5.89. The summed E-state index contributed by atoms with van der Waals surface area (Å²) in [5.74, 6) is -0.647. The van der Waals surface area contributed by atoms with Gasteiger partial charge in [0.25, 0.3) is 0 Å². The Balaban J connectivity index is 3.58. The fourth-order valence-corrected chi connectivity index (χ4v) is 2.05. The van der Waals surface area contributed by atoms with Crippen molar-refractivity contribution in [1.29, 1.82) is 0 Å². The number of hydrogen-bond donors (Lipinski definition) is 2. The van der Waals surface area contributed by atoms with Crippen LogP contribution in [-0.4, -0.2) is 28.1 Å². The van der Waals surface area contributed by atoms with Crippen LogP contribution in [0.15, 0.2) is 24.3 Å². The second-order valence-electron chi connectivity index (χ2n) is 5.58. The van der Waals surface area contributed by atoms with Crippen molar-refractivity contribution in [3.63, 3.8) is 0 Å². The van der Waals surface area contributed by atoms with Crippen LogP contribution in [0.5, 0.6) is 0 Å². The van der Waals surface area contributed by atoms with Crippen LogP contribution in [0.25, 0.3) is 0 Å². The number of carbonyl (C=O) groups excluding carboxylic acids is 1. The predicted molar refractivity (Wildman–Crippen MR) is 88.8 cm³/mol. The number of hydrogen-bond acceptors (Lipinski definition) is 3. The molecular formula is C18H30O4. The van der Waals surface area contributed by atoms with E-state index in [0.717, 1.165) is 44.9 Å². The number of unbranched alkanes of at least 4 members (excludes halogenated alkanes) is 5. The molecular weight excluding hydrogens is 280 g/mol. The molecule has 2 N–H and O–H groups in total. The van der Waals surface area contributed by atoms with Crippen LogP contribution >= 0.6 is 0 Å². The van der Waals surface area contributed by atoms with Gasteiger partial charge >= 0.3 is 5.97 Å². The number of aliphatic carboxylic acids is 1. The molecule has 1 unspecified atom stereocenters. The zero-order valence-electron chi connectivity index (χ0n) is 13.7. The van der Waals surface area contributed by atoms with E-state index in [1.54, 1.807) is 24.3 Å². The second-order valence-corrected chi connectivity index (χ2v) is 5.58. The largest absolute Gasteiger partial charge is 0.481 e. The van der Waals surface area contributed by atoms with Crippen molar-refractivity contribution >= 4 is 11.8 Å². The minimum Gasteiger partial charge on any atom is -0.481 e. The summed E-state index contributed by atoms with van der Waals surface area (Å²) in [6, 6.07) is 0. The maximum atomic E-state index is 11.6. The maximum Gasteiger partial charge on any atom is 0.303 e. The SMILES string of the molecule is CCCCC(O)C=CC=CC(=O)CCCCCCCC(=O)O. The van der Waals surface area contributed by atoms with Crippen LogP contribution < -0.4 is 0 Å². The highest BCUT2D eigenvalue weighted by Crippen LogP contribution is 2.08. The Morgan fingerprint density at radius 2 is 1.59 bits per heavy atom. The van der Waals surface area contributed by atoms with E-state index in [2.05, 4.69) is 6.92 Å². The molecule has 0 aromatic heterocycles. The molecule has 0 aliphatic carbocycles. The third kappa shape index (κ3) is 15.0. The van der Waals surface area contributed by atoms with Crippen molar-refractivity contribution in [3.8, 4) is 0 Å². The summed E-state index contributed by atoms with van der Waals surface area (Å²) >= 11 is 0. The molecule has 0 saturated carbocycles. The lowest BCUT2D eigenvalue weighted by Crippen LogP contribution is -2.00. The molecule has 0 aromatic carbocycles. The molecule has 0 bridgehead atoms. The molecule has 1 atom stereocenters. The van der Waals surface area contributed by atoms with E-state index in [0.29, 0.717) is 12.8 Å². The third-order valence-electron chi connectivity index (χ3n) is 3.39. The Morgan fingerprint density at radius 3 is 2.23 bits per heavy atom. The van der Waals surface area contributed by atoms with E-state index in [1.165, 1.54) is 0 Å². The van der Waals surface area contributed by atoms with Crippen LogP contribution in [-0.2, 0) is 9.59 Å². The van der Waals surface area contributed by atoms with E-state index in [4.69, 9.17) is 5.11 Å². The molecule has 4 heteroatoms. The Kier molecular flexibility index (Phi) is 13.6. The van der Waals surface area contributed by atoms with Gasteiger partial charge in [-0.3, -0.25) is 9.59 Å². The number of rotatable bonds is 14. The van der Waals surface area contributed by atoms with Gasteiger partial charge in [-0.2, -0.15) is 0 Å². The van der Waals surface area contributed by atoms with Crippen LogP contribution in [0.1, 0.15) is 71.1 Å². The smallest absolute Gasteiger partial charge is 0.303 e. The molecule has 0 aromatic rings. The minimum atomic E-state index is -0.742. The fraction of sp³-hybridized carbons (Fsp3) is 0.667. The first-order valence-corrected chi connectivity index (χ1v) is 8.33. The van der Waals surface area contributed by atoms with Gasteiger partial charge < -0.3 is 10.2 Å². The fourth-order valence-electron chi connectivity index (χ4n) is 2.05. The Morgan fingerprint density at radius 1 is 0.955 bits per heavy atom. The van der Waals surface area contributed by atoms with Gasteiger partial charge in [-0.15, -0.1) is 0 Å². The molecule has 22 heavy (non-hydrogen) atoms. The normalized spacial score (nSPS) is 13.0. The molecule has 126 valence electrons. The van der Waals surface area contributed by atoms with Crippen molar-refractivity contribution in [2.45, 2.75) is 77.2 Å². The minimum absolute atomic E-state index is 0.0956. The van der Waals surface area contributed by atoms with Gasteiger partial charge in [0, 0.05) is 12.8 Å². The lowest BCUT2D eigenvalue weighted by molar-refractivity contribution is -0.137. The molecule has 0 rings (SSSR count). The van der Waals surface area contributed by atoms with E-state index in [9.17, 15) is 14.7 Å². The molecule has 0 fully saturated rings. The molecule has 0 spiro atoms. The van der Waals surface area contributed by atoms with Crippen LogP contribution in [0.4, 0.5) is 0 Å². The zero-order chi connectivity index (χ0) is 16.6. The van der Waals surface area contributed by atoms with Gasteiger partial charge in [0.1, 0.15) is 0 Å². The summed E-state index contributed by atoms with van der Waals surface area (Å²) in [4.78, 5) is 21.9. The predicted octanol–water partition coefficient (Wildman–Crippen LogP) is 4.03. The molecule has 0 aliphatic rings. The summed E-state index contributed by atoms with van der Waals surface area (Å²) in [5, 5.41) is 18.1. The number of carbonyl (C=O) groups is 2. The third-order valence-corrected chi connectivity index (χ3v) is 3.39. The lowest BCUT2D eigenvalue weighted by Gasteiger charge is -2.01. The Hall–Kier alpha value is -1.42. The van der Waals surface area contributed by atoms with E-state index in [-0.39, 0.29) is 12.2 Å². The first kappa shape index (κ1) is 20.6. The van der Waals surface area contributed by atoms with Crippen LogP contribution in [0, 0.1) is 0 Å². The number of carboxylic acids is 1. The summed E-state index contributed by atoms with van der Waals surface area (Å²) in [6.07, 6.45) is 14.3. The first-order chi connectivity index (χ1) is 10.6. The van der Waals surface area contributed by atoms with Crippen molar-refractivity contribution < 1.29 is 19.8 Å². The highest BCUT2D eigenvalue weighted by atomic mass is 16.4. The molecule has 4 nitrogen and oxygen atoms in total. The van der Waals surface area contributed by atoms with E-state index >= 15 is 0 Å². The van der Waals surface area contributed by atoms with E-state index < -0.39 is 12.1 Å².